The minimum atomic E-state index is 0.0330. The van der Waals surface area contributed by atoms with Gasteiger partial charge < -0.3 is 19.9 Å². The summed E-state index contributed by atoms with van der Waals surface area (Å²) in [6, 6.07) is 0. The summed E-state index contributed by atoms with van der Waals surface area (Å²) in [4.78, 5) is 7.33. The topological polar surface area (TPSA) is 79.6 Å². The van der Waals surface area contributed by atoms with Crippen LogP contribution in [0.15, 0.2) is 4.99 Å². The van der Waals surface area contributed by atoms with Gasteiger partial charge in [0.15, 0.2) is 5.96 Å². The third-order valence-corrected chi connectivity index (χ3v) is 5.89. The number of aliphatic imine (C=N–C) groups is 1. The fourth-order valence-corrected chi connectivity index (χ4v) is 4.07. The first kappa shape index (κ1) is 22.0. The molecule has 3 rings (SSSR count). The average molecular weight is 406 g/mol. The normalized spacial score (nSPS) is 18.9. The van der Waals surface area contributed by atoms with Crippen molar-refractivity contribution in [2.45, 2.75) is 71.4 Å². The van der Waals surface area contributed by atoms with Crippen LogP contribution < -0.4 is 10.6 Å². The highest BCUT2D eigenvalue weighted by Gasteiger charge is 2.28. The van der Waals surface area contributed by atoms with Gasteiger partial charge in [0.05, 0.1) is 19.8 Å². The van der Waals surface area contributed by atoms with E-state index in [2.05, 4.69) is 51.1 Å². The van der Waals surface area contributed by atoms with Crippen molar-refractivity contribution in [2.75, 3.05) is 45.9 Å². The number of hydrogen-bond donors (Lipinski definition) is 2. The molecular formula is C21H39N7O. The molecule has 1 aromatic rings. The first-order chi connectivity index (χ1) is 14.1. The van der Waals surface area contributed by atoms with Gasteiger partial charge in [-0.2, -0.15) is 0 Å². The molecule has 0 unspecified atom stereocenters. The predicted molar refractivity (Wildman–Crippen MR) is 116 cm³/mol. The molecule has 1 saturated heterocycles. The van der Waals surface area contributed by atoms with Crippen molar-refractivity contribution in [2.24, 2.45) is 4.99 Å². The molecule has 8 heteroatoms. The molecule has 1 aromatic heterocycles. The highest BCUT2D eigenvalue weighted by molar-refractivity contribution is 5.79. The summed E-state index contributed by atoms with van der Waals surface area (Å²) in [5, 5.41) is 15.7. The second kappa shape index (κ2) is 10.9. The third-order valence-electron chi connectivity index (χ3n) is 5.89. The number of hydrogen-bond acceptors (Lipinski definition) is 5. The minimum Gasteiger partial charge on any atom is -0.379 e. The maximum absolute atomic E-state index is 5.48. The van der Waals surface area contributed by atoms with Gasteiger partial charge in [0.2, 0.25) is 0 Å². The molecule has 1 fully saturated rings. The van der Waals surface area contributed by atoms with Crippen LogP contribution in [0.3, 0.4) is 0 Å². The van der Waals surface area contributed by atoms with E-state index >= 15 is 0 Å². The van der Waals surface area contributed by atoms with Crippen LogP contribution in [0.1, 0.15) is 58.1 Å². The Kier molecular flexibility index (Phi) is 8.29. The first-order valence-corrected chi connectivity index (χ1v) is 11.4. The zero-order chi connectivity index (χ0) is 20.5. The summed E-state index contributed by atoms with van der Waals surface area (Å²) in [5.41, 5.74) is 0.0330. The van der Waals surface area contributed by atoms with Crippen LogP contribution >= 0.6 is 0 Å². The lowest BCUT2D eigenvalue weighted by Gasteiger charge is -2.39. The number of fused-ring (bicyclic) bond motifs is 1. The molecule has 8 nitrogen and oxygen atoms in total. The Balaban J connectivity index is 1.46. The van der Waals surface area contributed by atoms with E-state index in [1.807, 2.05) is 0 Å². The number of nitrogens with zero attached hydrogens (tertiary/aromatic N) is 5. The van der Waals surface area contributed by atoms with Crippen LogP contribution in [-0.4, -0.2) is 77.1 Å². The SMILES string of the molecule is CCNC(=NCC(C)(C)N1CCOCC1)NCCCc1nnc2n1CCCCC2. The van der Waals surface area contributed by atoms with Crippen LogP contribution in [-0.2, 0) is 24.1 Å². The standard InChI is InChI=1S/C21H39N7O/c1-4-22-20(24-17-21(2,3)27-13-15-29-16-14-27)23-11-8-10-19-26-25-18-9-6-5-7-12-28(18)19/h4-17H2,1-3H3,(H2,22,23,24). The van der Waals surface area contributed by atoms with E-state index in [1.165, 1.54) is 25.1 Å². The summed E-state index contributed by atoms with van der Waals surface area (Å²) in [6.45, 7) is 13.8. The van der Waals surface area contributed by atoms with Gasteiger partial charge in [0.1, 0.15) is 11.6 Å². The summed E-state index contributed by atoms with van der Waals surface area (Å²) >= 11 is 0. The van der Waals surface area contributed by atoms with Crippen molar-refractivity contribution in [3.05, 3.63) is 11.6 Å². The molecule has 0 bridgehead atoms. The van der Waals surface area contributed by atoms with Gasteiger partial charge in [-0.3, -0.25) is 9.89 Å². The van der Waals surface area contributed by atoms with Crippen molar-refractivity contribution in [3.63, 3.8) is 0 Å². The summed E-state index contributed by atoms with van der Waals surface area (Å²) in [7, 11) is 0. The maximum Gasteiger partial charge on any atom is 0.191 e. The van der Waals surface area contributed by atoms with Crippen molar-refractivity contribution in [3.8, 4) is 0 Å². The Bertz CT molecular complexity index is 649. The lowest BCUT2D eigenvalue weighted by atomic mass is 10.0. The fraction of sp³-hybridized carbons (Fsp3) is 0.857. The number of rotatable bonds is 8. The second-order valence-corrected chi connectivity index (χ2v) is 8.63. The number of morpholine rings is 1. The summed E-state index contributed by atoms with van der Waals surface area (Å²) < 4.78 is 7.83. The summed E-state index contributed by atoms with van der Waals surface area (Å²) in [6.07, 6.45) is 6.83. The van der Waals surface area contributed by atoms with Gasteiger partial charge in [-0.15, -0.1) is 10.2 Å². The Hall–Kier alpha value is -1.67. The molecule has 2 N–H and O–H groups in total. The smallest absolute Gasteiger partial charge is 0.191 e. The molecular weight excluding hydrogens is 366 g/mol. The van der Waals surface area contributed by atoms with Crippen molar-refractivity contribution in [1.82, 2.24) is 30.3 Å². The zero-order valence-electron chi connectivity index (χ0n) is 18.5. The van der Waals surface area contributed by atoms with E-state index in [9.17, 15) is 0 Å². The highest BCUT2D eigenvalue weighted by Crippen LogP contribution is 2.17. The molecule has 0 spiro atoms. The lowest BCUT2D eigenvalue weighted by molar-refractivity contribution is -0.00683. The van der Waals surface area contributed by atoms with Crippen LogP contribution in [0.4, 0.5) is 0 Å². The second-order valence-electron chi connectivity index (χ2n) is 8.63. The van der Waals surface area contributed by atoms with Crippen molar-refractivity contribution < 1.29 is 4.74 Å². The molecule has 29 heavy (non-hydrogen) atoms. The molecule has 0 atom stereocenters. The van der Waals surface area contributed by atoms with Crippen LogP contribution in [0.5, 0.6) is 0 Å². The minimum absolute atomic E-state index is 0.0330. The number of nitrogens with one attached hydrogen (secondary N) is 2. The quantitative estimate of drug-likeness (QED) is 0.389. The molecule has 0 aliphatic carbocycles. The maximum atomic E-state index is 5.48. The number of guanidine groups is 1. The first-order valence-electron chi connectivity index (χ1n) is 11.4. The largest absolute Gasteiger partial charge is 0.379 e. The highest BCUT2D eigenvalue weighted by atomic mass is 16.5. The van der Waals surface area contributed by atoms with Crippen molar-refractivity contribution >= 4 is 5.96 Å². The predicted octanol–water partition coefficient (Wildman–Crippen LogP) is 1.60. The van der Waals surface area contributed by atoms with E-state index in [0.717, 1.165) is 83.5 Å². The molecule has 0 aromatic carbocycles. The zero-order valence-corrected chi connectivity index (χ0v) is 18.5. The summed E-state index contributed by atoms with van der Waals surface area (Å²) in [5.74, 6) is 3.21. The van der Waals surface area contributed by atoms with Gasteiger partial charge >= 0.3 is 0 Å². The molecule has 164 valence electrons. The van der Waals surface area contributed by atoms with E-state index in [1.54, 1.807) is 0 Å². The van der Waals surface area contributed by atoms with E-state index in [-0.39, 0.29) is 5.54 Å². The Morgan fingerprint density at radius 1 is 1.10 bits per heavy atom. The van der Waals surface area contributed by atoms with E-state index in [4.69, 9.17) is 9.73 Å². The molecule has 2 aliphatic heterocycles. The molecule has 3 heterocycles. The molecule has 0 saturated carbocycles. The van der Waals surface area contributed by atoms with E-state index < -0.39 is 0 Å². The Labute approximate surface area is 175 Å². The van der Waals surface area contributed by atoms with Gasteiger partial charge in [0.25, 0.3) is 0 Å². The van der Waals surface area contributed by atoms with Gasteiger partial charge in [-0.1, -0.05) is 6.42 Å². The van der Waals surface area contributed by atoms with Crippen LogP contribution in [0.2, 0.25) is 0 Å². The average Bonchev–Trinajstić information content (AvgIpc) is 2.95. The fourth-order valence-electron chi connectivity index (χ4n) is 4.07. The molecule has 2 aliphatic rings. The van der Waals surface area contributed by atoms with Gasteiger partial charge in [-0.05, 0) is 40.0 Å². The Morgan fingerprint density at radius 2 is 1.93 bits per heavy atom. The monoisotopic (exact) mass is 405 g/mol. The number of aromatic nitrogens is 3. The third kappa shape index (κ3) is 6.40. The number of ether oxygens (including phenoxy) is 1. The van der Waals surface area contributed by atoms with Gasteiger partial charge in [0, 0.05) is 51.1 Å². The van der Waals surface area contributed by atoms with Crippen molar-refractivity contribution in [1.29, 1.82) is 0 Å². The van der Waals surface area contributed by atoms with Gasteiger partial charge in [-0.25, -0.2) is 0 Å². The van der Waals surface area contributed by atoms with Crippen LogP contribution in [0, 0.1) is 0 Å². The molecule has 0 amide bonds. The Morgan fingerprint density at radius 3 is 2.72 bits per heavy atom. The molecule has 0 radical (unpaired) electrons. The van der Waals surface area contributed by atoms with E-state index in [0.29, 0.717) is 0 Å². The number of aryl methyl sites for hydroxylation is 2. The van der Waals surface area contributed by atoms with Crippen LogP contribution in [0.25, 0.3) is 0 Å². The lowest BCUT2D eigenvalue weighted by Crippen LogP contribution is -2.52.